The Bertz CT molecular complexity index is 2850. The van der Waals surface area contributed by atoms with Crippen LogP contribution in [-0.4, -0.2) is 353 Å². The molecular weight excluding hydrogens is 1260 g/mol. The fourth-order valence-corrected chi connectivity index (χ4v) is 13.8. The lowest BCUT2D eigenvalue weighted by molar-refractivity contribution is -0.873. The molecule has 0 bridgehead atoms. The van der Waals surface area contributed by atoms with Crippen LogP contribution in [0, 0.1) is 11.8 Å². The Morgan fingerprint density at radius 3 is 1.20 bits per heavy atom. The first-order chi connectivity index (χ1) is 45.5. The van der Waals surface area contributed by atoms with Crippen LogP contribution < -0.4 is 14.2 Å². The van der Waals surface area contributed by atoms with Crippen LogP contribution in [0.4, 0.5) is 0 Å². The van der Waals surface area contributed by atoms with Crippen molar-refractivity contribution in [3.8, 4) is 17.2 Å². The van der Waals surface area contributed by atoms with Gasteiger partial charge < -0.3 is 107 Å². The number of aliphatic hydroxyl groups is 6. The minimum absolute atomic E-state index is 0.00449. The number of quaternary nitrogens is 3. The first-order valence-electron chi connectivity index (χ1n) is 33.2. The molecule has 28 heteroatoms. The van der Waals surface area contributed by atoms with E-state index < -0.39 is 160 Å². The molecule has 0 spiro atoms. The van der Waals surface area contributed by atoms with Gasteiger partial charge in [-0.3, -0.25) is 14.7 Å². The Kier molecular flexibility index (Phi) is 30.7. The Balaban J connectivity index is 1.58. The smallest absolute Gasteiger partial charge is 0.329 e. The van der Waals surface area contributed by atoms with E-state index in [1.807, 2.05) is 117 Å². The second-order valence-electron chi connectivity index (χ2n) is 29.4. The first kappa shape index (κ1) is 80.7. The third-order valence-electron chi connectivity index (χ3n) is 17.8. The van der Waals surface area contributed by atoms with Crippen LogP contribution in [0.2, 0.25) is 0 Å². The number of rotatable bonds is 40. The maximum atomic E-state index is 13.9. The van der Waals surface area contributed by atoms with Gasteiger partial charge in [-0.1, -0.05) is 43.3 Å². The van der Waals surface area contributed by atoms with E-state index in [1.54, 1.807) is 62.4 Å². The molecule has 97 heavy (non-hydrogen) atoms. The summed E-state index contributed by atoms with van der Waals surface area (Å²) in [4.78, 5) is 41.9. The number of carbonyl (C=O) groups is 3. The van der Waals surface area contributed by atoms with Crippen molar-refractivity contribution in [2.45, 2.75) is 138 Å². The average molecular weight is 1380 g/mol. The van der Waals surface area contributed by atoms with Gasteiger partial charge in [-0.05, 0) is 78.3 Å². The normalized spacial score (nSPS) is 27.6. The van der Waals surface area contributed by atoms with Crippen molar-refractivity contribution in [1.82, 2.24) is 14.7 Å². The first-order valence-corrected chi connectivity index (χ1v) is 33.2. The maximum absolute atomic E-state index is 13.9. The number of carboxylic acids is 3. The van der Waals surface area contributed by atoms with E-state index in [4.69, 9.17) is 47.4 Å². The number of nitrogens with zero attached hydrogens (tertiary/aromatic N) is 6. The number of hydrogen-bond acceptors (Lipinski definition) is 22. The molecule has 1 aliphatic carbocycles. The zero-order valence-electron chi connectivity index (χ0n) is 59.1. The highest BCUT2D eigenvalue weighted by atomic mass is 16.7. The number of benzene rings is 3. The molecule has 3 aromatic carbocycles. The van der Waals surface area contributed by atoms with Gasteiger partial charge in [0.2, 0.25) is 0 Å². The number of aliphatic hydroxyl groups excluding tert-OH is 6. The van der Waals surface area contributed by atoms with E-state index in [2.05, 4.69) is 0 Å². The summed E-state index contributed by atoms with van der Waals surface area (Å²) in [7, 11) is 22.0. The number of aliphatic carboxylic acids is 3. The van der Waals surface area contributed by atoms with Crippen LogP contribution in [0.25, 0.3) is 0 Å². The summed E-state index contributed by atoms with van der Waals surface area (Å²) in [6, 6.07) is 18.4. The van der Waals surface area contributed by atoms with E-state index in [9.17, 15) is 60.3 Å². The Morgan fingerprint density at radius 2 is 0.825 bits per heavy atom. The Labute approximate surface area is 571 Å². The second kappa shape index (κ2) is 36.9. The SMILES string of the molecule is COc1ccc(CN(CC(O)C[N+](C)(C)C)[C@@H]2[C@@H](O)[C@H](O[C@@H]3O[C@H](COCC(=O)O)[C@@H](O[C@@H]4C[C@H](COCC(=O)O)[C@@H](C)[C@H](O)[C@H]4N(Cc4ccc(OC)cc4)CC(O)C[N+](C)(C)C)[C@H](O)[C@H]3N(Cc3ccc(OC)cc3)CC(O)C[N+](C)(C)C)[C@@H](COCC(=O)O)O[C@H]2C)cc1. The van der Waals surface area contributed by atoms with E-state index in [0.717, 1.165) is 11.1 Å². The highest BCUT2D eigenvalue weighted by Crippen LogP contribution is 2.41. The fraction of sp³-hybridized carbons (Fsp3) is 0.696. The summed E-state index contributed by atoms with van der Waals surface area (Å²) in [6.07, 6.45) is -16.9. The van der Waals surface area contributed by atoms with Crippen molar-refractivity contribution in [1.29, 1.82) is 0 Å². The fourth-order valence-electron chi connectivity index (χ4n) is 13.8. The molecule has 6 rings (SSSR count). The summed E-state index contributed by atoms with van der Waals surface area (Å²) in [6.45, 7) is 1.29. The number of carboxylic acid groups (broad SMARTS) is 3. The summed E-state index contributed by atoms with van der Waals surface area (Å²) in [5.41, 5.74) is 2.26. The minimum Gasteiger partial charge on any atom is -0.497 e. The van der Waals surface area contributed by atoms with Crippen LogP contribution in [0.15, 0.2) is 72.8 Å². The van der Waals surface area contributed by atoms with Crippen molar-refractivity contribution in [3.63, 3.8) is 0 Å². The number of hydrogen-bond donors (Lipinski definition) is 9. The number of methoxy groups -OCH3 is 3. The van der Waals surface area contributed by atoms with Gasteiger partial charge in [-0.15, -0.1) is 0 Å². The zero-order valence-corrected chi connectivity index (χ0v) is 59.1. The largest absolute Gasteiger partial charge is 0.497 e. The molecule has 2 saturated heterocycles. The molecule has 18 atom stereocenters. The molecule has 28 nitrogen and oxygen atoms in total. The minimum atomic E-state index is -1.78. The molecule has 1 saturated carbocycles. The standard InChI is InChI=1S/C69H110N6O22/c1-43-48(37-91-40-58(79)80)27-55(62(64(43)85)71(32-50(77)35-74(6,7)8)29-46-17-23-53(89-13)24-18-46)95-67-57(39-93-42-60(83)84)96-69(63(66(67)87)72(33-51(78)36-75(9,10)11)30-47-19-25-54(90-14)26-20-47)97-68-56(38-92-41-59(81)82)94-44(2)61(65(68)86)70(31-49(76)34-73(3,4)5)28-45-15-21-52(88-12)22-16-45/h15-26,43-44,48-51,55-57,61-69,76-78,85-87H,27-42H2,1-14H3/p+3/t43-,44+,48-,49?,50?,51?,55-,56-,57-,61+,62+,63-,64+,65-,66-,67-,68-,69+/m1/s1. The average Bonchev–Trinajstić information content (AvgIpc) is 0.761. The van der Waals surface area contributed by atoms with Gasteiger partial charge >= 0.3 is 17.9 Å². The lowest BCUT2D eigenvalue weighted by Gasteiger charge is -2.54. The third kappa shape index (κ3) is 25.4. The molecule has 3 fully saturated rings. The quantitative estimate of drug-likeness (QED) is 0.0351. The molecule has 9 N–H and O–H groups in total. The molecule has 2 heterocycles. The Morgan fingerprint density at radius 1 is 0.485 bits per heavy atom. The van der Waals surface area contributed by atoms with Crippen molar-refractivity contribution in [3.05, 3.63) is 89.5 Å². The topological polar surface area (TPSA) is 335 Å². The highest BCUT2D eigenvalue weighted by molar-refractivity contribution is 5.68. The van der Waals surface area contributed by atoms with Crippen molar-refractivity contribution in [2.75, 3.05) is 164 Å². The summed E-state index contributed by atoms with van der Waals surface area (Å²) in [5.74, 6) is -3.19. The van der Waals surface area contributed by atoms with Gasteiger partial charge in [0.25, 0.3) is 0 Å². The second-order valence-corrected chi connectivity index (χ2v) is 29.4. The molecule has 0 radical (unpaired) electrons. The van der Waals surface area contributed by atoms with Gasteiger partial charge in [0.15, 0.2) is 6.29 Å². The molecule has 2 aliphatic heterocycles. The molecule has 3 aromatic rings. The van der Waals surface area contributed by atoms with Gasteiger partial charge in [0.1, 0.15) is 112 Å². The third-order valence-corrected chi connectivity index (χ3v) is 17.8. The monoisotopic (exact) mass is 1380 g/mol. The molecular formula is C69H113N6O22+3. The molecule has 3 aliphatic rings. The van der Waals surface area contributed by atoms with E-state index in [0.29, 0.717) is 49.4 Å². The lowest BCUT2D eigenvalue weighted by atomic mass is 9.73. The van der Waals surface area contributed by atoms with Crippen molar-refractivity contribution in [2.24, 2.45) is 11.8 Å². The lowest BCUT2D eigenvalue weighted by Crippen LogP contribution is -2.70. The van der Waals surface area contributed by atoms with Gasteiger partial charge in [-0.2, -0.15) is 0 Å². The highest BCUT2D eigenvalue weighted by Gasteiger charge is 2.56. The van der Waals surface area contributed by atoms with E-state index >= 15 is 0 Å². The van der Waals surface area contributed by atoms with Crippen LogP contribution in [0.1, 0.15) is 37.0 Å². The number of likely N-dealkylation sites (N-methyl/N-ethyl adjacent to an activating group) is 3. The maximum Gasteiger partial charge on any atom is 0.329 e. The van der Waals surface area contributed by atoms with E-state index in [1.165, 1.54) is 7.11 Å². The number of ether oxygens (including phenoxy) is 10. The molecule has 3 unspecified atom stereocenters. The van der Waals surface area contributed by atoms with Crippen LogP contribution in [0.3, 0.4) is 0 Å². The van der Waals surface area contributed by atoms with Gasteiger partial charge in [0, 0.05) is 39.3 Å². The predicted molar refractivity (Wildman–Crippen MR) is 355 cm³/mol. The molecule has 0 amide bonds. The Hall–Kier alpha value is -5.29. The molecule has 0 aromatic heterocycles. The van der Waals surface area contributed by atoms with Crippen LogP contribution in [-0.2, 0) is 67.2 Å². The van der Waals surface area contributed by atoms with Gasteiger partial charge in [-0.25, -0.2) is 14.4 Å². The van der Waals surface area contributed by atoms with E-state index in [-0.39, 0.29) is 58.8 Å². The van der Waals surface area contributed by atoms with Crippen LogP contribution in [0.5, 0.6) is 17.2 Å². The summed E-state index contributed by atoms with van der Waals surface area (Å²) < 4.78 is 63.6. The van der Waals surface area contributed by atoms with Crippen molar-refractivity contribution >= 4 is 17.9 Å². The van der Waals surface area contributed by atoms with Crippen LogP contribution >= 0.6 is 0 Å². The zero-order chi connectivity index (χ0) is 71.7. The predicted octanol–water partition coefficient (Wildman–Crippen LogP) is 0.519. The van der Waals surface area contributed by atoms with Gasteiger partial charge in [0.05, 0.1) is 141 Å². The van der Waals surface area contributed by atoms with Crippen molar-refractivity contribution < 1.29 is 121 Å². The summed E-state index contributed by atoms with van der Waals surface area (Å²) >= 11 is 0. The summed E-state index contributed by atoms with van der Waals surface area (Å²) in [5, 5.41) is 106. The molecule has 548 valence electrons.